The quantitative estimate of drug-likeness (QED) is 0.319. The summed E-state index contributed by atoms with van der Waals surface area (Å²) in [5.74, 6) is -0.946. The lowest BCUT2D eigenvalue weighted by Gasteiger charge is -2.43. The number of carbonyl (C=O) groups excluding carboxylic acids is 5. The van der Waals surface area contributed by atoms with Crippen molar-refractivity contribution in [1.82, 2.24) is 30.4 Å². The Morgan fingerprint density at radius 3 is 2.23 bits per heavy atom. The fourth-order valence-corrected chi connectivity index (χ4v) is 8.69. The molecule has 1 aliphatic carbocycles. The first kappa shape index (κ1) is 37.3. The Bertz CT molecular complexity index is 2080. The Labute approximate surface area is 328 Å². The Kier molecular flexibility index (Phi) is 10.6. The maximum Gasteiger partial charge on any atom is 0.262 e. The van der Waals surface area contributed by atoms with E-state index in [0.717, 1.165) is 88.4 Å². The van der Waals surface area contributed by atoms with E-state index in [4.69, 9.17) is 21.6 Å². The number of imide groups is 2. The Morgan fingerprint density at radius 2 is 1.55 bits per heavy atom. The molecule has 290 valence electrons. The molecule has 0 spiro atoms. The monoisotopic (exact) mass is 779 g/mol. The van der Waals surface area contributed by atoms with Gasteiger partial charge in [-0.2, -0.15) is 5.26 Å². The van der Waals surface area contributed by atoms with E-state index in [2.05, 4.69) is 35.3 Å². The first-order chi connectivity index (χ1) is 27.1. The number of fused-ring (bicyclic) bond motifs is 1. The van der Waals surface area contributed by atoms with Crippen molar-refractivity contribution in [2.45, 2.75) is 75.6 Å². The number of nitrogens with one attached hydrogen (secondary N) is 2. The van der Waals surface area contributed by atoms with Crippen molar-refractivity contribution in [3.63, 3.8) is 0 Å². The van der Waals surface area contributed by atoms with Gasteiger partial charge in [-0.1, -0.05) is 11.6 Å². The number of hydrogen-bond acceptors (Lipinski definition) is 12. The van der Waals surface area contributed by atoms with E-state index in [1.807, 2.05) is 12.1 Å². The number of ether oxygens (including phenoxy) is 1. The molecule has 0 radical (unpaired) electrons. The summed E-state index contributed by atoms with van der Waals surface area (Å²) in [4.78, 5) is 80.5. The molecule has 3 aromatic rings. The normalized spacial score (nSPS) is 23.4. The Morgan fingerprint density at radius 1 is 0.839 bits per heavy atom. The van der Waals surface area contributed by atoms with Crippen LogP contribution >= 0.6 is 11.6 Å². The third-order valence-electron chi connectivity index (χ3n) is 11.6. The maximum absolute atomic E-state index is 13.3. The number of benzene rings is 2. The summed E-state index contributed by atoms with van der Waals surface area (Å²) >= 11 is 6.14. The lowest BCUT2D eigenvalue weighted by atomic mass is 9.92. The van der Waals surface area contributed by atoms with E-state index in [1.54, 1.807) is 42.7 Å². The SMILES string of the molecule is N#Cc1ccc(O[C@H]2CC[C@H](NC(=O)c3cnc(N4CCC(N5CCN(c6ccc7c(c6)C(=O)N(C6CCC(=O)NC6=O)C7=O)CC5)CC4)nc3)CC2)cc1Cl. The predicted octanol–water partition coefficient (Wildman–Crippen LogP) is 3.31. The zero-order valence-electron chi connectivity index (χ0n) is 30.8. The Hall–Kier alpha value is -5.59. The molecule has 15 nitrogen and oxygen atoms in total. The van der Waals surface area contributed by atoms with E-state index in [0.29, 0.717) is 39.5 Å². The summed E-state index contributed by atoms with van der Waals surface area (Å²) in [6.45, 7) is 4.87. The van der Waals surface area contributed by atoms with Crippen LogP contribution in [0.3, 0.4) is 0 Å². The molecule has 1 saturated carbocycles. The van der Waals surface area contributed by atoms with Gasteiger partial charge in [0, 0.05) is 81.9 Å². The standard InChI is InChI=1S/C40H42ClN9O6/c41-33-20-30(5-1-24(33)21-42)56-29-6-2-26(3-7-29)45-36(52)25-22-43-40(44-23-25)49-13-11-27(12-14-49)47-15-17-48(18-16-47)28-4-8-31-32(19-28)39(55)50(38(31)54)34-9-10-35(51)46-37(34)53/h1,4-5,8,19-20,22-23,26-27,29,34H,2-3,6-7,9-18H2,(H,45,52)(H,46,51,53)/t26-,29-,34?. The largest absolute Gasteiger partial charge is 0.490 e. The highest BCUT2D eigenvalue weighted by atomic mass is 35.5. The van der Waals surface area contributed by atoms with Crippen molar-refractivity contribution in [1.29, 1.82) is 5.26 Å². The smallest absolute Gasteiger partial charge is 0.262 e. The molecule has 3 saturated heterocycles. The molecule has 1 aromatic heterocycles. The fraction of sp³-hybridized carbons (Fsp3) is 0.450. The van der Waals surface area contributed by atoms with Crippen LogP contribution in [0.1, 0.15) is 88.0 Å². The van der Waals surface area contributed by atoms with Gasteiger partial charge in [-0.15, -0.1) is 0 Å². The molecule has 2 aromatic carbocycles. The van der Waals surface area contributed by atoms with Crippen molar-refractivity contribution < 1.29 is 28.7 Å². The Balaban J connectivity index is 0.772. The van der Waals surface area contributed by atoms with Crippen LogP contribution in [0.4, 0.5) is 11.6 Å². The first-order valence-electron chi connectivity index (χ1n) is 19.2. The minimum Gasteiger partial charge on any atom is -0.490 e. The van der Waals surface area contributed by atoms with Gasteiger partial charge in [0.2, 0.25) is 17.8 Å². The van der Waals surface area contributed by atoms with Crippen LogP contribution < -0.4 is 25.2 Å². The van der Waals surface area contributed by atoms with Crippen molar-refractivity contribution in [2.75, 3.05) is 49.1 Å². The van der Waals surface area contributed by atoms with Crippen LogP contribution in [0.5, 0.6) is 5.75 Å². The number of nitrogens with zero attached hydrogens (tertiary/aromatic N) is 7. The highest BCUT2D eigenvalue weighted by Crippen LogP contribution is 2.32. The number of amides is 5. The second kappa shape index (κ2) is 15.9. The molecule has 5 amide bonds. The molecule has 16 heteroatoms. The summed E-state index contributed by atoms with van der Waals surface area (Å²) in [6.07, 6.45) is 8.50. The number of rotatable bonds is 8. The molecule has 5 aliphatic rings. The number of halogens is 1. The van der Waals surface area contributed by atoms with Gasteiger partial charge in [-0.3, -0.25) is 39.1 Å². The van der Waals surface area contributed by atoms with Crippen LogP contribution in [0, 0.1) is 11.3 Å². The average Bonchev–Trinajstić information content (AvgIpc) is 3.46. The van der Waals surface area contributed by atoms with Crippen LogP contribution in [-0.2, 0) is 9.59 Å². The van der Waals surface area contributed by atoms with Crippen LogP contribution in [0.15, 0.2) is 48.8 Å². The summed E-state index contributed by atoms with van der Waals surface area (Å²) < 4.78 is 6.08. The molecule has 4 aliphatic heterocycles. The molecule has 2 N–H and O–H groups in total. The van der Waals surface area contributed by atoms with Crippen molar-refractivity contribution in [3.8, 4) is 11.8 Å². The minimum atomic E-state index is -0.982. The van der Waals surface area contributed by atoms with Gasteiger partial charge in [0.05, 0.1) is 33.4 Å². The second-order valence-corrected chi connectivity index (χ2v) is 15.4. The molecule has 56 heavy (non-hydrogen) atoms. The van der Waals surface area contributed by atoms with Gasteiger partial charge in [-0.25, -0.2) is 9.97 Å². The molecule has 5 heterocycles. The highest BCUT2D eigenvalue weighted by molar-refractivity contribution is 6.31. The second-order valence-electron chi connectivity index (χ2n) is 15.0. The zero-order chi connectivity index (χ0) is 38.9. The minimum absolute atomic E-state index is 0.0176. The van der Waals surface area contributed by atoms with Crippen LogP contribution in [0.25, 0.3) is 0 Å². The third-order valence-corrected chi connectivity index (χ3v) is 12.0. The summed E-state index contributed by atoms with van der Waals surface area (Å²) in [5.41, 5.74) is 2.28. The van der Waals surface area contributed by atoms with Gasteiger partial charge >= 0.3 is 0 Å². The molecule has 0 bridgehead atoms. The maximum atomic E-state index is 13.3. The van der Waals surface area contributed by atoms with Gasteiger partial charge in [0.25, 0.3) is 17.7 Å². The number of nitriles is 1. The first-order valence-corrected chi connectivity index (χ1v) is 19.6. The lowest BCUT2D eigenvalue weighted by molar-refractivity contribution is -0.136. The fourth-order valence-electron chi connectivity index (χ4n) is 8.48. The highest BCUT2D eigenvalue weighted by Gasteiger charge is 2.45. The zero-order valence-corrected chi connectivity index (χ0v) is 31.5. The van der Waals surface area contributed by atoms with E-state index in [9.17, 15) is 24.0 Å². The number of piperidine rings is 2. The van der Waals surface area contributed by atoms with Crippen molar-refractivity contribution in [2.24, 2.45) is 0 Å². The molecular weight excluding hydrogens is 738 g/mol. The van der Waals surface area contributed by atoms with Gasteiger partial charge in [0.15, 0.2) is 0 Å². The van der Waals surface area contributed by atoms with Gasteiger partial charge in [-0.05, 0) is 75.3 Å². The number of carbonyl (C=O) groups is 5. The van der Waals surface area contributed by atoms with Crippen molar-refractivity contribution >= 4 is 52.8 Å². The molecule has 1 atom stereocenters. The number of anilines is 2. The van der Waals surface area contributed by atoms with Crippen molar-refractivity contribution in [3.05, 3.63) is 76.1 Å². The van der Waals surface area contributed by atoms with Gasteiger partial charge < -0.3 is 19.9 Å². The third kappa shape index (κ3) is 7.63. The topological polar surface area (TPSA) is 181 Å². The molecule has 4 fully saturated rings. The number of aromatic nitrogens is 2. The van der Waals surface area contributed by atoms with E-state index in [-0.39, 0.29) is 36.5 Å². The summed E-state index contributed by atoms with van der Waals surface area (Å²) in [5, 5.41) is 14.8. The predicted molar refractivity (Wildman–Crippen MR) is 204 cm³/mol. The van der Waals surface area contributed by atoms with E-state index in [1.165, 1.54) is 0 Å². The van der Waals surface area contributed by atoms with Crippen LogP contribution in [-0.4, -0.2) is 113 Å². The number of piperazine rings is 1. The lowest BCUT2D eigenvalue weighted by Crippen LogP contribution is -2.54. The molecular formula is C40H42ClN9O6. The van der Waals surface area contributed by atoms with E-state index >= 15 is 0 Å². The molecule has 1 unspecified atom stereocenters. The summed E-state index contributed by atoms with van der Waals surface area (Å²) in [7, 11) is 0. The molecule has 8 rings (SSSR count). The summed E-state index contributed by atoms with van der Waals surface area (Å²) in [6, 6.07) is 11.9. The van der Waals surface area contributed by atoms with Gasteiger partial charge in [0.1, 0.15) is 17.9 Å². The van der Waals surface area contributed by atoms with Crippen LogP contribution in [0.2, 0.25) is 5.02 Å². The average molecular weight is 780 g/mol. The number of hydrogen-bond donors (Lipinski definition) is 2. The van der Waals surface area contributed by atoms with E-state index < -0.39 is 29.7 Å².